The Labute approximate surface area is 163 Å². The minimum atomic E-state index is -0.693. The number of carbonyl (C=O) groups excluding carboxylic acids is 2. The van der Waals surface area contributed by atoms with Crippen LogP contribution in [0.3, 0.4) is 0 Å². The minimum absolute atomic E-state index is 0.0678. The number of hydrogen-bond donors (Lipinski definition) is 3. The van der Waals surface area contributed by atoms with E-state index in [0.29, 0.717) is 18.7 Å². The molecule has 3 rings (SSSR count). The molecule has 2 amide bonds. The molecule has 1 saturated heterocycles. The number of benzene rings is 1. The number of hydrogen-bond acceptors (Lipinski definition) is 5. The van der Waals surface area contributed by atoms with Gasteiger partial charge in [0.15, 0.2) is 6.61 Å². The zero-order chi connectivity index (χ0) is 20.1. The van der Waals surface area contributed by atoms with Crippen molar-refractivity contribution < 1.29 is 19.4 Å². The molecule has 28 heavy (non-hydrogen) atoms. The molecule has 150 valence electrons. The maximum atomic E-state index is 12.4. The van der Waals surface area contributed by atoms with Gasteiger partial charge in [-0.3, -0.25) is 14.7 Å². The third-order valence-corrected chi connectivity index (χ3v) is 5.02. The Morgan fingerprint density at radius 2 is 2.14 bits per heavy atom. The van der Waals surface area contributed by atoms with Crippen LogP contribution in [0.25, 0.3) is 0 Å². The van der Waals surface area contributed by atoms with E-state index < -0.39 is 12.1 Å². The SMILES string of the molecule is Cc1ccc(OCC(=O)N[C@@H]2CN(C(=O)Cc3ccn[nH]3)CC[C@@H]2O)cc1C. The van der Waals surface area contributed by atoms with Crippen molar-refractivity contribution in [3.05, 3.63) is 47.3 Å². The van der Waals surface area contributed by atoms with Crippen molar-refractivity contribution in [1.82, 2.24) is 20.4 Å². The van der Waals surface area contributed by atoms with Crippen LogP contribution in [0.5, 0.6) is 5.75 Å². The summed E-state index contributed by atoms with van der Waals surface area (Å²) in [5.41, 5.74) is 2.98. The summed E-state index contributed by atoms with van der Waals surface area (Å²) >= 11 is 0. The van der Waals surface area contributed by atoms with Gasteiger partial charge < -0.3 is 20.1 Å². The number of likely N-dealkylation sites (tertiary alicyclic amines) is 1. The predicted molar refractivity (Wildman–Crippen MR) is 103 cm³/mol. The van der Waals surface area contributed by atoms with Gasteiger partial charge in [0.05, 0.1) is 18.6 Å². The minimum Gasteiger partial charge on any atom is -0.484 e. The average molecular weight is 386 g/mol. The molecule has 0 bridgehead atoms. The number of H-pyrrole nitrogens is 1. The van der Waals surface area contributed by atoms with Crippen molar-refractivity contribution in [2.45, 2.75) is 38.8 Å². The van der Waals surface area contributed by atoms with Crippen LogP contribution in [0.15, 0.2) is 30.5 Å². The first-order valence-electron chi connectivity index (χ1n) is 9.36. The van der Waals surface area contributed by atoms with E-state index in [2.05, 4.69) is 15.5 Å². The zero-order valence-corrected chi connectivity index (χ0v) is 16.1. The second-order valence-electron chi connectivity index (χ2n) is 7.16. The van der Waals surface area contributed by atoms with Crippen molar-refractivity contribution in [1.29, 1.82) is 0 Å². The molecule has 3 N–H and O–H groups in total. The Morgan fingerprint density at radius 3 is 2.86 bits per heavy atom. The number of aliphatic hydroxyl groups is 1. The summed E-state index contributed by atoms with van der Waals surface area (Å²) in [7, 11) is 0. The van der Waals surface area contributed by atoms with Gasteiger partial charge in [-0.15, -0.1) is 0 Å². The molecule has 0 radical (unpaired) electrons. The zero-order valence-electron chi connectivity index (χ0n) is 16.1. The lowest BCUT2D eigenvalue weighted by molar-refractivity contribution is -0.135. The van der Waals surface area contributed by atoms with E-state index in [4.69, 9.17) is 4.74 Å². The smallest absolute Gasteiger partial charge is 0.258 e. The number of aromatic nitrogens is 2. The van der Waals surface area contributed by atoms with Crippen LogP contribution in [0.1, 0.15) is 23.2 Å². The largest absolute Gasteiger partial charge is 0.484 e. The van der Waals surface area contributed by atoms with Gasteiger partial charge >= 0.3 is 0 Å². The number of rotatable bonds is 6. The molecule has 2 aromatic rings. The fourth-order valence-corrected chi connectivity index (χ4v) is 3.17. The number of nitrogens with zero attached hydrogens (tertiary/aromatic N) is 2. The maximum Gasteiger partial charge on any atom is 0.258 e. The van der Waals surface area contributed by atoms with E-state index in [9.17, 15) is 14.7 Å². The number of piperidine rings is 1. The van der Waals surface area contributed by atoms with Gasteiger partial charge in [-0.25, -0.2) is 0 Å². The van der Waals surface area contributed by atoms with Crippen LogP contribution >= 0.6 is 0 Å². The second-order valence-corrected chi connectivity index (χ2v) is 7.16. The number of aryl methyl sites for hydroxylation is 2. The molecule has 0 aliphatic carbocycles. The van der Waals surface area contributed by atoms with Gasteiger partial charge in [0, 0.05) is 25.0 Å². The quantitative estimate of drug-likeness (QED) is 0.678. The average Bonchev–Trinajstić information content (AvgIpc) is 3.17. The Bertz CT molecular complexity index is 822. The lowest BCUT2D eigenvalue weighted by Crippen LogP contribution is -2.57. The summed E-state index contributed by atoms with van der Waals surface area (Å²) in [6.45, 7) is 4.57. The van der Waals surface area contributed by atoms with Gasteiger partial charge in [-0.1, -0.05) is 6.07 Å². The summed E-state index contributed by atoms with van der Waals surface area (Å²) in [5, 5.41) is 19.6. The Morgan fingerprint density at radius 1 is 1.32 bits per heavy atom. The van der Waals surface area contributed by atoms with Crippen LogP contribution < -0.4 is 10.1 Å². The van der Waals surface area contributed by atoms with Crippen molar-refractivity contribution in [3.63, 3.8) is 0 Å². The first-order valence-corrected chi connectivity index (χ1v) is 9.36. The number of ether oxygens (including phenoxy) is 1. The second kappa shape index (κ2) is 8.88. The monoisotopic (exact) mass is 386 g/mol. The topological polar surface area (TPSA) is 108 Å². The van der Waals surface area contributed by atoms with Gasteiger partial charge in [0.25, 0.3) is 5.91 Å². The molecule has 1 fully saturated rings. The lowest BCUT2D eigenvalue weighted by Gasteiger charge is -2.36. The molecular formula is C20H26N4O4. The highest BCUT2D eigenvalue weighted by Crippen LogP contribution is 2.16. The standard InChI is InChI=1S/C20H26N4O4/c1-13-3-4-16(9-14(13)2)28-12-19(26)22-17-11-24(8-6-18(17)25)20(27)10-15-5-7-21-23-15/h3-5,7,9,17-18,25H,6,8,10-12H2,1-2H3,(H,21,23)(H,22,26)/t17-,18+/m1/s1. The van der Waals surface area contributed by atoms with Crippen LogP contribution in [-0.2, 0) is 16.0 Å². The summed E-state index contributed by atoms with van der Waals surface area (Å²) in [4.78, 5) is 26.3. The Hall–Kier alpha value is -2.87. The molecule has 2 atom stereocenters. The molecule has 1 aliphatic heterocycles. The summed E-state index contributed by atoms with van der Waals surface area (Å²) in [5.74, 6) is 0.228. The number of amides is 2. The first kappa shape index (κ1) is 19.9. The number of carbonyl (C=O) groups is 2. The summed E-state index contributed by atoms with van der Waals surface area (Å²) < 4.78 is 5.54. The van der Waals surface area contributed by atoms with Crippen LogP contribution in [-0.4, -0.2) is 63.9 Å². The van der Waals surface area contributed by atoms with Crippen LogP contribution in [0.4, 0.5) is 0 Å². The third-order valence-electron chi connectivity index (χ3n) is 5.02. The molecule has 1 aromatic carbocycles. The van der Waals surface area contributed by atoms with Gasteiger partial charge in [-0.05, 0) is 49.6 Å². The molecule has 0 spiro atoms. The van der Waals surface area contributed by atoms with Crippen LogP contribution in [0.2, 0.25) is 0 Å². The van der Waals surface area contributed by atoms with E-state index in [1.165, 1.54) is 0 Å². The van der Waals surface area contributed by atoms with Crippen molar-refractivity contribution in [2.75, 3.05) is 19.7 Å². The highest BCUT2D eigenvalue weighted by molar-refractivity contribution is 5.79. The Kier molecular flexibility index (Phi) is 6.30. The van der Waals surface area contributed by atoms with E-state index in [1.807, 2.05) is 32.0 Å². The van der Waals surface area contributed by atoms with Gasteiger partial charge in [-0.2, -0.15) is 5.10 Å². The molecular weight excluding hydrogens is 360 g/mol. The lowest BCUT2D eigenvalue weighted by atomic mass is 10.0. The highest BCUT2D eigenvalue weighted by Gasteiger charge is 2.31. The molecule has 1 aromatic heterocycles. The molecule has 0 unspecified atom stereocenters. The van der Waals surface area contributed by atoms with E-state index in [-0.39, 0.29) is 31.4 Å². The number of aliphatic hydroxyl groups excluding tert-OH is 1. The maximum absolute atomic E-state index is 12.4. The molecule has 8 heteroatoms. The fourth-order valence-electron chi connectivity index (χ4n) is 3.17. The van der Waals surface area contributed by atoms with E-state index in [1.54, 1.807) is 17.2 Å². The third kappa shape index (κ3) is 5.10. The van der Waals surface area contributed by atoms with Gasteiger partial charge in [0.1, 0.15) is 5.75 Å². The van der Waals surface area contributed by atoms with Crippen molar-refractivity contribution in [3.8, 4) is 5.75 Å². The molecule has 0 saturated carbocycles. The normalized spacial score (nSPS) is 19.3. The highest BCUT2D eigenvalue weighted by atomic mass is 16.5. The molecule has 8 nitrogen and oxygen atoms in total. The summed E-state index contributed by atoms with van der Waals surface area (Å²) in [6, 6.07) is 6.88. The molecule has 1 aliphatic rings. The summed E-state index contributed by atoms with van der Waals surface area (Å²) in [6.07, 6.45) is 1.53. The number of nitrogens with one attached hydrogen (secondary N) is 2. The number of aromatic amines is 1. The van der Waals surface area contributed by atoms with Crippen LogP contribution in [0, 0.1) is 13.8 Å². The Balaban J connectivity index is 1.50. The van der Waals surface area contributed by atoms with E-state index in [0.717, 1.165) is 16.8 Å². The first-order chi connectivity index (χ1) is 13.4. The molecule has 2 heterocycles. The fraction of sp³-hybridized carbons (Fsp3) is 0.450. The van der Waals surface area contributed by atoms with Gasteiger partial charge in [0.2, 0.25) is 5.91 Å². The van der Waals surface area contributed by atoms with E-state index >= 15 is 0 Å². The predicted octanol–water partition coefficient (Wildman–Crippen LogP) is 0.726. The van der Waals surface area contributed by atoms with Crippen molar-refractivity contribution >= 4 is 11.8 Å². The van der Waals surface area contributed by atoms with Crippen molar-refractivity contribution in [2.24, 2.45) is 0 Å².